The van der Waals surface area contributed by atoms with E-state index >= 15 is 0 Å². The van der Waals surface area contributed by atoms with Gasteiger partial charge in [-0.15, -0.1) is 11.3 Å². The van der Waals surface area contributed by atoms with Crippen LogP contribution in [0, 0.1) is 6.92 Å². The first-order valence-electron chi connectivity index (χ1n) is 8.24. The van der Waals surface area contributed by atoms with Crippen LogP contribution in [0.2, 0.25) is 0 Å². The Kier molecular flexibility index (Phi) is 5.73. The second kappa shape index (κ2) is 8.37. The number of carbonyl (C=O) groups excluding carboxylic acids is 2. The number of hydrogen-bond donors (Lipinski definition) is 3. The summed E-state index contributed by atoms with van der Waals surface area (Å²) < 4.78 is 5.27. The fourth-order valence-corrected chi connectivity index (χ4v) is 3.22. The molecule has 1 heterocycles. The Morgan fingerprint density at radius 2 is 1.70 bits per heavy atom. The topological polar surface area (TPSA) is 79.5 Å². The van der Waals surface area contributed by atoms with Gasteiger partial charge in [0.15, 0.2) is 0 Å². The highest BCUT2D eigenvalue weighted by Gasteiger charge is 2.13. The number of carbonyl (C=O) groups is 2. The lowest BCUT2D eigenvalue weighted by atomic mass is 10.2. The monoisotopic (exact) mass is 381 g/mol. The van der Waals surface area contributed by atoms with Gasteiger partial charge in [0.05, 0.1) is 22.7 Å². The number of urea groups is 1. The van der Waals surface area contributed by atoms with Crippen LogP contribution in [0.4, 0.5) is 21.2 Å². The lowest BCUT2D eigenvalue weighted by Crippen LogP contribution is -2.18. The van der Waals surface area contributed by atoms with Crippen molar-refractivity contribution in [1.29, 1.82) is 0 Å². The van der Waals surface area contributed by atoms with Gasteiger partial charge >= 0.3 is 6.03 Å². The Balaban J connectivity index is 1.64. The molecule has 3 aromatic rings. The van der Waals surface area contributed by atoms with Gasteiger partial charge in [-0.05, 0) is 48.9 Å². The molecule has 6 nitrogen and oxygen atoms in total. The zero-order chi connectivity index (χ0) is 19.2. The predicted octanol–water partition coefficient (Wildman–Crippen LogP) is 4.96. The van der Waals surface area contributed by atoms with Crippen LogP contribution in [-0.4, -0.2) is 19.0 Å². The fraction of sp³-hybridized carbons (Fsp3) is 0.100. The van der Waals surface area contributed by atoms with E-state index in [1.54, 1.807) is 37.4 Å². The van der Waals surface area contributed by atoms with Crippen molar-refractivity contribution in [2.45, 2.75) is 6.92 Å². The van der Waals surface area contributed by atoms with Gasteiger partial charge in [-0.1, -0.05) is 24.3 Å². The Bertz CT molecular complexity index is 954. The summed E-state index contributed by atoms with van der Waals surface area (Å²) in [6.45, 7) is 1.94. The molecule has 0 aliphatic carbocycles. The van der Waals surface area contributed by atoms with E-state index in [0.29, 0.717) is 27.0 Å². The van der Waals surface area contributed by atoms with Gasteiger partial charge in [0.25, 0.3) is 5.91 Å². The molecule has 27 heavy (non-hydrogen) atoms. The molecule has 1 aromatic heterocycles. The summed E-state index contributed by atoms with van der Waals surface area (Å²) in [5, 5.41) is 8.87. The van der Waals surface area contributed by atoms with Crippen molar-refractivity contribution in [2.24, 2.45) is 0 Å². The molecule has 0 aliphatic rings. The van der Waals surface area contributed by atoms with Crippen molar-refractivity contribution in [3.05, 3.63) is 71.1 Å². The Hall–Kier alpha value is -3.32. The summed E-state index contributed by atoms with van der Waals surface area (Å²) >= 11 is 1.19. The van der Waals surface area contributed by atoms with Crippen molar-refractivity contribution in [3.8, 4) is 5.75 Å². The molecule has 3 rings (SSSR count). The van der Waals surface area contributed by atoms with Gasteiger partial charge in [0, 0.05) is 5.69 Å². The highest BCUT2D eigenvalue weighted by atomic mass is 32.1. The standard InChI is InChI=1S/C20H19N3O3S/c1-13-8-9-16(26-2)15(12-13)22-19(24)17-10-11-18(27-17)23-20(25)21-14-6-4-3-5-7-14/h3-12H,1-2H3,(H,22,24)(H2,21,23,25). The second-order valence-electron chi connectivity index (χ2n) is 5.77. The molecule has 7 heteroatoms. The maximum Gasteiger partial charge on any atom is 0.324 e. The first kappa shape index (κ1) is 18.5. The summed E-state index contributed by atoms with van der Waals surface area (Å²) in [5.74, 6) is 0.325. The van der Waals surface area contributed by atoms with E-state index in [9.17, 15) is 9.59 Å². The quantitative estimate of drug-likeness (QED) is 0.584. The summed E-state index contributed by atoms with van der Waals surface area (Å²) in [6, 6.07) is 17.7. The molecule has 2 aromatic carbocycles. The van der Waals surface area contributed by atoms with Crippen molar-refractivity contribution < 1.29 is 14.3 Å². The van der Waals surface area contributed by atoms with Crippen LogP contribution in [0.1, 0.15) is 15.2 Å². The highest BCUT2D eigenvalue weighted by molar-refractivity contribution is 7.18. The number of aryl methyl sites for hydroxylation is 1. The minimum atomic E-state index is -0.365. The number of ether oxygens (including phenoxy) is 1. The van der Waals surface area contributed by atoms with Crippen molar-refractivity contribution in [3.63, 3.8) is 0 Å². The molecule has 3 amide bonds. The third-order valence-electron chi connectivity index (χ3n) is 3.70. The number of benzene rings is 2. The van der Waals surface area contributed by atoms with Gasteiger partial charge in [-0.25, -0.2) is 4.79 Å². The van der Waals surface area contributed by atoms with Crippen LogP contribution >= 0.6 is 11.3 Å². The fourth-order valence-electron chi connectivity index (χ4n) is 2.43. The molecular formula is C20H19N3O3S. The smallest absolute Gasteiger partial charge is 0.324 e. The second-order valence-corrected chi connectivity index (χ2v) is 6.85. The van der Waals surface area contributed by atoms with Crippen molar-refractivity contribution >= 4 is 39.7 Å². The molecule has 0 saturated carbocycles. The molecule has 0 atom stereocenters. The summed E-state index contributed by atoms with van der Waals surface area (Å²) in [6.07, 6.45) is 0. The Morgan fingerprint density at radius 3 is 2.44 bits per heavy atom. The van der Waals surface area contributed by atoms with Gasteiger partial charge in [-0.3, -0.25) is 10.1 Å². The molecular weight excluding hydrogens is 362 g/mol. The Morgan fingerprint density at radius 1 is 0.926 bits per heavy atom. The number of hydrogen-bond acceptors (Lipinski definition) is 4. The van der Waals surface area contributed by atoms with E-state index in [-0.39, 0.29) is 11.9 Å². The largest absolute Gasteiger partial charge is 0.495 e. The van der Waals surface area contributed by atoms with Crippen LogP contribution in [-0.2, 0) is 0 Å². The average Bonchev–Trinajstić information content (AvgIpc) is 3.11. The van der Waals surface area contributed by atoms with Crippen LogP contribution in [0.15, 0.2) is 60.7 Å². The van der Waals surface area contributed by atoms with Crippen LogP contribution < -0.4 is 20.7 Å². The van der Waals surface area contributed by atoms with Crippen LogP contribution in [0.25, 0.3) is 0 Å². The lowest BCUT2D eigenvalue weighted by Gasteiger charge is -2.10. The summed E-state index contributed by atoms with van der Waals surface area (Å²) in [7, 11) is 1.55. The Labute approximate surface area is 161 Å². The van der Waals surface area contributed by atoms with E-state index in [4.69, 9.17) is 4.74 Å². The third kappa shape index (κ3) is 4.86. The maximum atomic E-state index is 12.5. The number of thiophene rings is 1. The number of amides is 3. The molecule has 138 valence electrons. The number of methoxy groups -OCH3 is 1. The molecule has 0 fully saturated rings. The average molecular weight is 381 g/mol. The molecule has 0 unspecified atom stereocenters. The number of nitrogens with one attached hydrogen (secondary N) is 3. The van der Waals surface area contributed by atoms with Gasteiger partial charge in [-0.2, -0.15) is 0 Å². The first-order valence-corrected chi connectivity index (χ1v) is 9.05. The lowest BCUT2D eigenvalue weighted by molar-refractivity contribution is 0.103. The van der Waals surface area contributed by atoms with E-state index in [1.165, 1.54) is 11.3 Å². The molecule has 0 bridgehead atoms. The number of anilines is 3. The van der Waals surface area contributed by atoms with Crippen LogP contribution in [0.5, 0.6) is 5.75 Å². The van der Waals surface area contributed by atoms with E-state index < -0.39 is 0 Å². The molecule has 0 spiro atoms. The maximum absolute atomic E-state index is 12.5. The summed E-state index contributed by atoms with van der Waals surface area (Å²) in [5.41, 5.74) is 2.31. The zero-order valence-electron chi connectivity index (χ0n) is 14.9. The molecule has 0 saturated heterocycles. The minimum absolute atomic E-state index is 0.264. The van der Waals surface area contributed by atoms with Crippen LogP contribution in [0.3, 0.4) is 0 Å². The zero-order valence-corrected chi connectivity index (χ0v) is 15.7. The van der Waals surface area contributed by atoms with Gasteiger partial charge in [0.2, 0.25) is 0 Å². The predicted molar refractivity (Wildman–Crippen MR) is 109 cm³/mol. The van der Waals surface area contributed by atoms with E-state index in [2.05, 4.69) is 16.0 Å². The summed E-state index contributed by atoms with van der Waals surface area (Å²) in [4.78, 5) is 25.0. The molecule has 0 radical (unpaired) electrons. The van der Waals surface area contributed by atoms with Gasteiger partial charge in [0.1, 0.15) is 5.75 Å². The molecule has 0 aliphatic heterocycles. The number of para-hydroxylation sites is 1. The molecule has 3 N–H and O–H groups in total. The third-order valence-corrected chi connectivity index (χ3v) is 4.70. The first-order chi connectivity index (χ1) is 13.0. The van der Waals surface area contributed by atoms with E-state index in [1.807, 2.05) is 37.3 Å². The highest BCUT2D eigenvalue weighted by Crippen LogP contribution is 2.28. The van der Waals surface area contributed by atoms with Crippen molar-refractivity contribution in [2.75, 3.05) is 23.1 Å². The minimum Gasteiger partial charge on any atom is -0.495 e. The van der Waals surface area contributed by atoms with E-state index in [0.717, 1.165) is 5.56 Å². The van der Waals surface area contributed by atoms with Gasteiger partial charge < -0.3 is 15.4 Å². The number of rotatable bonds is 5. The van der Waals surface area contributed by atoms with Crippen molar-refractivity contribution in [1.82, 2.24) is 0 Å². The SMILES string of the molecule is COc1ccc(C)cc1NC(=O)c1ccc(NC(=O)Nc2ccccc2)s1. The normalized spacial score (nSPS) is 10.1.